The molecule has 2 aromatic carbocycles. The fourth-order valence-corrected chi connectivity index (χ4v) is 2.50. The van der Waals surface area contributed by atoms with E-state index in [4.69, 9.17) is 5.73 Å². The van der Waals surface area contributed by atoms with Crippen LogP contribution in [0.2, 0.25) is 0 Å². The van der Waals surface area contributed by atoms with Gasteiger partial charge in [-0.05, 0) is 49.4 Å². The van der Waals surface area contributed by atoms with Gasteiger partial charge in [0.15, 0.2) is 5.78 Å². The van der Waals surface area contributed by atoms with E-state index in [1.807, 2.05) is 18.2 Å². The lowest BCUT2D eigenvalue weighted by Gasteiger charge is -2.06. The van der Waals surface area contributed by atoms with E-state index in [-0.39, 0.29) is 11.7 Å². The van der Waals surface area contributed by atoms with Gasteiger partial charge in [0, 0.05) is 21.8 Å². The predicted molar refractivity (Wildman–Crippen MR) is 86.7 cm³/mol. The van der Waals surface area contributed by atoms with E-state index < -0.39 is 0 Å². The van der Waals surface area contributed by atoms with Crippen molar-refractivity contribution >= 4 is 34.8 Å². The van der Waals surface area contributed by atoms with Crippen molar-refractivity contribution in [1.82, 2.24) is 0 Å². The quantitative estimate of drug-likeness (QED) is 0.505. The number of amides is 1. The van der Waals surface area contributed by atoms with Crippen molar-refractivity contribution in [2.45, 2.75) is 11.8 Å². The van der Waals surface area contributed by atoms with Crippen molar-refractivity contribution in [3.63, 3.8) is 0 Å². The average Bonchev–Trinajstić information content (AvgIpc) is 2.46. The van der Waals surface area contributed by atoms with Crippen LogP contribution in [0.5, 0.6) is 0 Å². The van der Waals surface area contributed by atoms with Crippen molar-refractivity contribution < 1.29 is 9.59 Å². The molecular weight excluding hydrogens is 284 g/mol. The van der Waals surface area contributed by atoms with Crippen molar-refractivity contribution in [2.24, 2.45) is 0 Å². The summed E-state index contributed by atoms with van der Waals surface area (Å²) in [6.45, 7) is 1.51. The summed E-state index contributed by atoms with van der Waals surface area (Å²) in [4.78, 5) is 24.0. The molecule has 21 heavy (non-hydrogen) atoms. The van der Waals surface area contributed by atoms with Crippen LogP contribution in [0.3, 0.4) is 0 Å². The molecule has 0 aliphatic rings. The number of nitrogens with one attached hydrogen (secondary N) is 1. The van der Waals surface area contributed by atoms with Gasteiger partial charge in [0.25, 0.3) is 0 Å². The first-order valence-corrected chi connectivity index (χ1v) is 7.42. The van der Waals surface area contributed by atoms with Gasteiger partial charge in [0.2, 0.25) is 5.91 Å². The smallest absolute Gasteiger partial charge is 0.234 e. The topological polar surface area (TPSA) is 72.2 Å². The Morgan fingerprint density at radius 3 is 2.48 bits per heavy atom. The summed E-state index contributed by atoms with van der Waals surface area (Å²) in [6.07, 6.45) is 0. The second kappa shape index (κ2) is 6.95. The van der Waals surface area contributed by atoms with E-state index in [1.165, 1.54) is 18.7 Å². The summed E-state index contributed by atoms with van der Waals surface area (Å²) in [5, 5.41) is 2.79. The second-order valence-electron chi connectivity index (χ2n) is 4.54. The van der Waals surface area contributed by atoms with E-state index >= 15 is 0 Å². The van der Waals surface area contributed by atoms with Gasteiger partial charge in [-0.3, -0.25) is 9.59 Å². The maximum atomic E-state index is 11.9. The molecule has 0 saturated heterocycles. The molecule has 3 N–H and O–H groups in total. The molecule has 0 unspecified atom stereocenters. The fourth-order valence-electron chi connectivity index (χ4n) is 1.74. The van der Waals surface area contributed by atoms with Gasteiger partial charge < -0.3 is 11.1 Å². The van der Waals surface area contributed by atoms with Gasteiger partial charge in [-0.1, -0.05) is 6.07 Å². The Morgan fingerprint density at radius 2 is 1.86 bits per heavy atom. The lowest BCUT2D eigenvalue weighted by Crippen LogP contribution is -2.14. The van der Waals surface area contributed by atoms with E-state index in [1.54, 1.807) is 30.3 Å². The maximum absolute atomic E-state index is 11.9. The standard InChI is InChI=1S/C16H16N2O2S/c1-11(19)12-5-7-14(8-6-12)18-16(20)10-21-15-4-2-3-13(17)9-15/h2-9H,10,17H2,1H3,(H,18,20). The Morgan fingerprint density at radius 1 is 1.14 bits per heavy atom. The molecule has 5 heteroatoms. The minimum Gasteiger partial charge on any atom is -0.399 e. The Kier molecular flexibility index (Phi) is 5.00. The normalized spacial score (nSPS) is 10.1. The number of ketones is 1. The molecule has 1 amide bonds. The number of nitrogens with two attached hydrogens (primary N) is 1. The SMILES string of the molecule is CC(=O)c1ccc(NC(=O)CSc2cccc(N)c2)cc1. The number of nitrogen functional groups attached to an aromatic ring is 1. The van der Waals surface area contributed by atoms with Crippen molar-refractivity contribution in [3.8, 4) is 0 Å². The van der Waals surface area contributed by atoms with Crippen LogP contribution in [0.15, 0.2) is 53.4 Å². The number of hydrogen-bond acceptors (Lipinski definition) is 4. The fraction of sp³-hybridized carbons (Fsp3) is 0.125. The Balaban J connectivity index is 1.88. The summed E-state index contributed by atoms with van der Waals surface area (Å²) >= 11 is 1.42. The highest BCUT2D eigenvalue weighted by Crippen LogP contribution is 2.20. The summed E-state index contributed by atoms with van der Waals surface area (Å²) in [6, 6.07) is 14.2. The van der Waals surface area contributed by atoms with E-state index in [0.29, 0.717) is 22.7 Å². The molecule has 0 fully saturated rings. The zero-order valence-corrected chi connectivity index (χ0v) is 12.4. The average molecular weight is 300 g/mol. The van der Waals surface area contributed by atoms with Crippen LogP contribution in [0.25, 0.3) is 0 Å². The van der Waals surface area contributed by atoms with Crippen LogP contribution in [0.4, 0.5) is 11.4 Å². The van der Waals surface area contributed by atoms with Crippen LogP contribution in [-0.2, 0) is 4.79 Å². The highest BCUT2D eigenvalue weighted by molar-refractivity contribution is 8.00. The molecule has 108 valence electrons. The minimum absolute atomic E-state index is 0.00472. The Labute approximate surface area is 127 Å². The van der Waals surface area contributed by atoms with Gasteiger partial charge in [-0.15, -0.1) is 11.8 Å². The molecule has 2 rings (SSSR count). The van der Waals surface area contributed by atoms with E-state index in [0.717, 1.165) is 4.90 Å². The lowest BCUT2D eigenvalue weighted by atomic mass is 10.1. The number of hydrogen-bond donors (Lipinski definition) is 2. The van der Waals surface area contributed by atoms with Gasteiger partial charge >= 0.3 is 0 Å². The molecule has 0 aliphatic carbocycles. The molecule has 0 radical (unpaired) electrons. The number of rotatable bonds is 5. The molecule has 0 atom stereocenters. The third-order valence-corrected chi connectivity index (χ3v) is 3.80. The molecule has 0 bridgehead atoms. The summed E-state index contributed by atoms with van der Waals surface area (Å²) < 4.78 is 0. The molecule has 0 saturated carbocycles. The first-order chi connectivity index (χ1) is 10.0. The number of thioether (sulfide) groups is 1. The Hall–Kier alpha value is -2.27. The minimum atomic E-state index is -0.0991. The second-order valence-corrected chi connectivity index (χ2v) is 5.59. The van der Waals surface area contributed by atoms with Gasteiger partial charge in [-0.25, -0.2) is 0 Å². The third-order valence-electron chi connectivity index (χ3n) is 2.80. The van der Waals surface area contributed by atoms with Crippen LogP contribution < -0.4 is 11.1 Å². The zero-order valence-electron chi connectivity index (χ0n) is 11.6. The number of carbonyl (C=O) groups excluding carboxylic acids is 2. The number of Topliss-reactive ketones (excluding diaryl/α,β-unsaturated/α-hetero) is 1. The first-order valence-electron chi connectivity index (χ1n) is 6.44. The van der Waals surface area contributed by atoms with E-state index in [9.17, 15) is 9.59 Å². The van der Waals surface area contributed by atoms with Crippen LogP contribution >= 0.6 is 11.8 Å². The molecule has 2 aromatic rings. The molecule has 0 aromatic heterocycles. The zero-order chi connectivity index (χ0) is 15.2. The van der Waals surface area contributed by atoms with Gasteiger partial charge in [-0.2, -0.15) is 0 Å². The lowest BCUT2D eigenvalue weighted by molar-refractivity contribution is -0.113. The van der Waals surface area contributed by atoms with Crippen LogP contribution in [0, 0.1) is 0 Å². The summed E-state index contributed by atoms with van der Waals surface area (Å²) in [5.41, 5.74) is 7.67. The maximum Gasteiger partial charge on any atom is 0.234 e. The molecule has 0 aliphatic heterocycles. The van der Waals surface area contributed by atoms with Gasteiger partial charge in [0.05, 0.1) is 5.75 Å². The highest BCUT2D eigenvalue weighted by Gasteiger charge is 2.05. The Bertz CT molecular complexity index is 654. The third kappa shape index (κ3) is 4.65. The first kappa shape index (κ1) is 15.1. The largest absolute Gasteiger partial charge is 0.399 e. The monoisotopic (exact) mass is 300 g/mol. The van der Waals surface area contributed by atoms with Gasteiger partial charge in [0.1, 0.15) is 0 Å². The van der Waals surface area contributed by atoms with Crippen molar-refractivity contribution in [2.75, 3.05) is 16.8 Å². The number of benzene rings is 2. The molecule has 0 spiro atoms. The van der Waals surface area contributed by atoms with Crippen molar-refractivity contribution in [1.29, 1.82) is 0 Å². The van der Waals surface area contributed by atoms with Crippen LogP contribution in [-0.4, -0.2) is 17.4 Å². The molecular formula is C16H16N2O2S. The van der Waals surface area contributed by atoms with Crippen LogP contribution in [0.1, 0.15) is 17.3 Å². The highest BCUT2D eigenvalue weighted by atomic mass is 32.2. The molecule has 0 heterocycles. The number of anilines is 2. The van der Waals surface area contributed by atoms with E-state index in [2.05, 4.69) is 5.32 Å². The van der Waals surface area contributed by atoms with Crippen molar-refractivity contribution in [3.05, 3.63) is 54.1 Å². The number of carbonyl (C=O) groups is 2. The summed E-state index contributed by atoms with van der Waals surface area (Å²) in [7, 11) is 0. The predicted octanol–water partition coefficient (Wildman–Crippen LogP) is 3.20. The molecule has 4 nitrogen and oxygen atoms in total. The summed E-state index contributed by atoms with van der Waals surface area (Å²) in [5.74, 6) is 0.209.